The molecule has 3 nitrogen and oxygen atoms in total. The molecule has 6 heteroatoms. The zero-order valence-corrected chi connectivity index (χ0v) is 8.17. The predicted octanol–water partition coefficient (Wildman–Crippen LogP) is 1.89. The molecule has 0 amide bonds. The number of rotatable bonds is 2. The molecule has 1 aromatic rings. The average Bonchev–Trinajstić information content (AvgIpc) is 2.15. The Kier molecular flexibility index (Phi) is 2.97. The van der Waals surface area contributed by atoms with Gasteiger partial charge in [-0.15, -0.1) is 0 Å². The van der Waals surface area contributed by atoms with Gasteiger partial charge in [0.25, 0.3) is 5.78 Å². The van der Waals surface area contributed by atoms with Crippen molar-refractivity contribution in [3.8, 4) is 0 Å². The van der Waals surface area contributed by atoms with Crippen molar-refractivity contribution < 1.29 is 18.0 Å². The summed E-state index contributed by atoms with van der Waals surface area (Å²) in [5.74, 6) is -1.86. The molecule has 0 aromatic carbocycles. The minimum atomic E-state index is -4.87. The number of anilines is 1. The number of ketones is 1. The van der Waals surface area contributed by atoms with E-state index < -0.39 is 17.5 Å². The van der Waals surface area contributed by atoms with Crippen molar-refractivity contribution >= 4 is 11.6 Å². The average molecular weight is 218 g/mol. The maximum absolute atomic E-state index is 12.2. The third-order valence-corrected chi connectivity index (χ3v) is 1.71. The number of carbonyl (C=O) groups is 1. The van der Waals surface area contributed by atoms with Gasteiger partial charge in [-0.3, -0.25) is 4.79 Å². The van der Waals surface area contributed by atoms with Crippen molar-refractivity contribution in [2.75, 3.05) is 19.0 Å². The van der Waals surface area contributed by atoms with E-state index in [1.54, 1.807) is 0 Å². The summed E-state index contributed by atoms with van der Waals surface area (Å²) in [6, 6.07) is 2.41. The topological polar surface area (TPSA) is 33.2 Å². The Balaban J connectivity index is 3.20. The molecule has 0 N–H and O–H groups in total. The molecule has 1 heterocycles. The van der Waals surface area contributed by atoms with E-state index >= 15 is 0 Å². The number of carbonyl (C=O) groups excluding carboxylic acids is 1. The highest BCUT2D eigenvalue weighted by Crippen LogP contribution is 2.25. The summed E-state index contributed by atoms with van der Waals surface area (Å²) < 4.78 is 36.5. The second kappa shape index (κ2) is 3.88. The first-order valence-electron chi connectivity index (χ1n) is 4.08. The number of alkyl halides is 3. The highest BCUT2D eigenvalue weighted by Gasteiger charge is 2.40. The molecule has 0 aliphatic carbocycles. The monoisotopic (exact) mass is 218 g/mol. The number of aromatic nitrogens is 1. The van der Waals surface area contributed by atoms with Crippen LogP contribution in [0.15, 0.2) is 18.3 Å². The molecular weight excluding hydrogens is 209 g/mol. The fourth-order valence-corrected chi connectivity index (χ4v) is 1.08. The van der Waals surface area contributed by atoms with Gasteiger partial charge in [0.05, 0.1) is 5.56 Å². The second-order valence-electron chi connectivity index (χ2n) is 3.10. The number of pyridine rings is 1. The predicted molar refractivity (Wildman–Crippen MR) is 48.9 cm³/mol. The molecule has 0 unspecified atom stereocenters. The van der Waals surface area contributed by atoms with E-state index in [0.717, 1.165) is 6.07 Å². The first kappa shape index (κ1) is 11.5. The molecule has 0 saturated heterocycles. The summed E-state index contributed by atoms with van der Waals surface area (Å²) in [7, 11) is 3.05. The van der Waals surface area contributed by atoms with E-state index in [0.29, 0.717) is 0 Å². The van der Waals surface area contributed by atoms with Crippen LogP contribution in [0.5, 0.6) is 0 Å². The highest BCUT2D eigenvalue weighted by molar-refractivity contribution is 6.04. The Bertz CT molecular complexity index is 374. The van der Waals surface area contributed by atoms with E-state index in [-0.39, 0.29) is 5.82 Å². The van der Waals surface area contributed by atoms with Crippen molar-refractivity contribution in [3.05, 3.63) is 23.9 Å². The van der Waals surface area contributed by atoms with Crippen LogP contribution in [0.4, 0.5) is 19.0 Å². The van der Waals surface area contributed by atoms with E-state index in [2.05, 4.69) is 4.98 Å². The molecule has 1 rings (SSSR count). The SMILES string of the molecule is CN(C)c1ncccc1C(=O)C(F)(F)F. The van der Waals surface area contributed by atoms with Crippen LogP contribution in [0.25, 0.3) is 0 Å². The maximum Gasteiger partial charge on any atom is 0.455 e. The van der Waals surface area contributed by atoms with Crippen LogP contribution in [0.1, 0.15) is 10.4 Å². The maximum atomic E-state index is 12.2. The highest BCUT2D eigenvalue weighted by atomic mass is 19.4. The van der Waals surface area contributed by atoms with Crippen LogP contribution >= 0.6 is 0 Å². The minimum absolute atomic E-state index is 0.0137. The summed E-state index contributed by atoms with van der Waals surface area (Å²) in [5.41, 5.74) is -0.435. The first-order valence-corrected chi connectivity index (χ1v) is 4.08. The standard InChI is InChI=1S/C9H9F3N2O/c1-14(2)8-6(4-3-5-13-8)7(15)9(10,11)12/h3-5H,1-2H3. The lowest BCUT2D eigenvalue weighted by Crippen LogP contribution is -2.26. The molecule has 0 spiro atoms. The number of hydrogen-bond donors (Lipinski definition) is 0. The Morgan fingerprint density at radius 1 is 1.40 bits per heavy atom. The molecule has 0 fully saturated rings. The Hall–Kier alpha value is -1.59. The molecule has 0 aliphatic rings. The molecule has 82 valence electrons. The van der Waals surface area contributed by atoms with Gasteiger partial charge in [0.1, 0.15) is 5.82 Å². The number of nitrogens with zero attached hydrogens (tertiary/aromatic N) is 2. The van der Waals surface area contributed by atoms with Crippen LogP contribution in [0, 0.1) is 0 Å². The van der Waals surface area contributed by atoms with Crippen LogP contribution in [0.2, 0.25) is 0 Å². The third kappa shape index (κ3) is 2.45. The van der Waals surface area contributed by atoms with Crippen molar-refractivity contribution in [1.82, 2.24) is 4.98 Å². The lowest BCUT2D eigenvalue weighted by molar-refractivity contribution is -0.0885. The molecule has 15 heavy (non-hydrogen) atoms. The van der Waals surface area contributed by atoms with Crippen LogP contribution < -0.4 is 4.90 Å². The van der Waals surface area contributed by atoms with Gasteiger partial charge in [0, 0.05) is 20.3 Å². The summed E-state index contributed by atoms with van der Waals surface area (Å²) in [6.07, 6.45) is -3.53. The molecule has 0 aliphatic heterocycles. The van der Waals surface area contributed by atoms with E-state index in [9.17, 15) is 18.0 Å². The largest absolute Gasteiger partial charge is 0.455 e. The molecular formula is C9H9F3N2O. The van der Waals surface area contributed by atoms with Crippen molar-refractivity contribution in [2.24, 2.45) is 0 Å². The van der Waals surface area contributed by atoms with Crippen molar-refractivity contribution in [3.63, 3.8) is 0 Å². The quantitative estimate of drug-likeness (QED) is 0.711. The molecule has 1 aromatic heterocycles. The Labute approximate surface area is 84.5 Å². The van der Waals surface area contributed by atoms with E-state index in [1.807, 2.05) is 0 Å². The smallest absolute Gasteiger partial charge is 0.362 e. The van der Waals surface area contributed by atoms with Gasteiger partial charge >= 0.3 is 6.18 Å². The fraction of sp³-hybridized carbons (Fsp3) is 0.333. The van der Waals surface area contributed by atoms with Gasteiger partial charge < -0.3 is 4.90 Å². The van der Waals surface area contributed by atoms with Crippen molar-refractivity contribution in [1.29, 1.82) is 0 Å². The summed E-state index contributed by atoms with van der Waals surface area (Å²) in [5, 5.41) is 0. The third-order valence-electron chi connectivity index (χ3n) is 1.71. The summed E-state index contributed by atoms with van der Waals surface area (Å²) in [4.78, 5) is 16.1. The molecule has 0 atom stereocenters. The minimum Gasteiger partial charge on any atom is -0.362 e. The fourth-order valence-electron chi connectivity index (χ4n) is 1.08. The van der Waals surface area contributed by atoms with E-state index in [4.69, 9.17) is 0 Å². The van der Waals surface area contributed by atoms with Gasteiger partial charge in [0.2, 0.25) is 0 Å². The van der Waals surface area contributed by atoms with Gasteiger partial charge in [0.15, 0.2) is 0 Å². The summed E-state index contributed by atoms with van der Waals surface area (Å²) in [6.45, 7) is 0. The lowest BCUT2D eigenvalue weighted by atomic mass is 10.1. The number of hydrogen-bond acceptors (Lipinski definition) is 3. The number of halogens is 3. The second-order valence-corrected chi connectivity index (χ2v) is 3.10. The van der Waals surface area contributed by atoms with Gasteiger partial charge in [-0.2, -0.15) is 13.2 Å². The zero-order chi connectivity index (χ0) is 11.6. The normalized spacial score (nSPS) is 11.3. The zero-order valence-electron chi connectivity index (χ0n) is 8.17. The Morgan fingerprint density at radius 2 is 2.00 bits per heavy atom. The molecule has 0 radical (unpaired) electrons. The van der Waals surface area contributed by atoms with Crippen LogP contribution in [-0.2, 0) is 0 Å². The molecule has 0 saturated carbocycles. The number of Topliss-reactive ketones (excluding diaryl/α,β-unsaturated/α-hetero) is 1. The van der Waals surface area contributed by atoms with Crippen molar-refractivity contribution in [2.45, 2.75) is 6.18 Å². The van der Waals surface area contributed by atoms with Crippen LogP contribution in [-0.4, -0.2) is 31.0 Å². The first-order chi connectivity index (χ1) is 6.84. The lowest BCUT2D eigenvalue weighted by Gasteiger charge is -2.15. The van der Waals surface area contributed by atoms with E-state index in [1.165, 1.54) is 31.3 Å². The van der Waals surface area contributed by atoms with Gasteiger partial charge in [-0.25, -0.2) is 4.98 Å². The van der Waals surface area contributed by atoms with Crippen LogP contribution in [0.3, 0.4) is 0 Å². The van der Waals surface area contributed by atoms with Gasteiger partial charge in [-0.05, 0) is 12.1 Å². The molecule has 0 bridgehead atoms. The van der Waals surface area contributed by atoms with Gasteiger partial charge in [-0.1, -0.05) is 0 Å². The summed E-state index contributed by atoms with van der Waals surface area (Å²) >= 11 is 0. The Morgan fingerprint density at radius 3 is 2.47 bits per heavy atom.